The molecule has 0 bridgehead atoms. The summed E-state index contributed by atoms with van der Waals surface area (Å²) in [4.78, 5) is 0. The molecule has 0 spiro atoms. The number of fused-ring (bicyclic) bond motifs is 7. The molecule has 5 rings (SSSR count). The molecule has 2 heteroatoms. The molecule has 0 saturated heterocycles. The average Bonchev–Trinajstić information content (AvgIpc) is 3.12. The first kappa shape index (κ1) is 23.1. The van der Waals surface area contributed by atoms with Gasteiger partial charge in [0.25, 0.3) is 0 Å². The van der Waals surface area contributed by atoms with Crippen LogP contribution in [0.1, 0.15) is 106 Å². The molecule has 0 radical (unpaired) electrons. The molecule has 0 aliphatic heterocycles. The fraction of sp³-hybridized carbons (Fsp3) is 0.900. The molecular weight excluding hydrogens is 390 g/mol. The van der Waals surface area contributed by atoms with E-state index in [2.05, 4.69) is 48.1 Å². The predicted octanol–water partition coefficient (Wildman–Crippen LogP) is 7.65. The van der Waals surface area contributed by atoms with Gasteiger partial charge in [-0.3, -0.25) is 0 Å². The van der Waals surface area contributed by atoms with Crippen LogP contribution in [0.3, 0.4) is 0 Å². The van der Waals surface area contributed by atoms with Gasteiger partial charge in [0.05, 0.1) is 6.10 Å². The lowest BCUT2D eigenvalue weighted by molar-refractivity contribution is -0.243. The Labute approximate surface area is 197 Å². The second kappa shape index (κ2) is 6.96. The summed E-state index contributed by atoms with van der Waals surface area (Å²) in [6.07, 6.45) is 14.2. The van der Waals surface area contributed by atoms with E-state index in [1.165, 1.54) is 63.4 Å². The number of rotatable bonds is 2. The average molecular weight is 440 g/mol. The number of hydrogen-bond acceptors (Lipinski definition) is 2. The highest BCUT2D eigenvalue weighted by Gasteiger charge is 2.70. The minimum atomic E-state index is -0.144. The zero-order valence-electron chi connectivity index (χ0n) is 21.8. The number of aliphatic hydroxyl groups is 1. The van der Waals surface area contributed by atoms with Crippen molar-refractivity contribution in [3.63, 3.8) is 0 Å². The third-order valence-electron chi connectivity index (χ3n) is 13.4. The van der Waals surface area contributed by atoms with Crippen LogP contribution < -0.4 is 0 Å². The van der Waals surface area contributed by atoms with E-state index in [0.29, 0.717) is 34.0 Å². The van der Waals surface area contributed by atoms with Crippen molar-refractivity contribution in [2.45, 2.75) is 112 Å². The van der Waals surface area contributed by atoms with E-state index < -0.39 is 0 Å². The number of aliphatic hydroxyl groups excluding tert-OH is 1. The molecule has 5 unspecified atom stereocenters. The van der Waals surface area contributed by atoms with Crippen LogP contribution in [0, 0.1) is 62.1 Å². The van der Waals surface area contributed by atoms with Gasteiger partial charge in [-0.1, -0.05) is 46.8 Å². The molecule has 2 N–H and O–H groups in total. The normalized spacial score (nSPS) is 56.3. The van der Waals surface area contributed by atoms with E-state index in [4.69, 9.17) is 5.41 Å². The summed E-state index contributed by atoms with van der Waals surface area (Å²) in [5, 5.41) is 19.4. The van der Waals surface area contributed by atoms with Gasteiger partial charge >= 0.3 is 0 Å². The summed E-state index contributed by atoms with van der Waals surface area (Å²) in [6, 6.07) is 0. The molecule has 5 aliphatic carbocycles. The third kappa shape index (κ3) is 2.60. The largest absolute Gasteiger partial charge is 0.393 e. The zero-order valence-corrected chi connectivity index (χ0v) is 21.8. The molecule has 180 valence electrons. The van der Waals surface area contributed by atoms with Crippen molar-refractivity contribution in [3.05, 3.63) is 12.2 Å². The zero-order chi connectivity index (χ0) is 23.3. The van der Waals surface area contributed by atoms with Crippen LogP contribution >= 0.6 is 0 Å². The lowest BCUT2D eigenvalue weighted by Crippen LogP contribution is -2.66. The molecule has 0 aromatic heterocycles. The molecule has 0 amide bonds. The summed E-state index contributed by atoms with van der Waals surface area (Å²) in [5.41, 5.74) is 2.62. The maximum atomic E-state index is 10.9. The van der Waals surface area contributed by atoms with E-state index in [0.717, 1.165) is 18.3 Å². The Hall–Kier alpha value is -0.630. The topological polar surface area (TPSA) is 44.1 Å². The van der Waals surface area contributed by atoms with E-state index >= 15 is 0 Å². The second-order valence-corrected chi connectivity index (χ2v) is 14.4. The first-order valence-electron chi connectivity index (χ1n) is 13.7. The Morgan fingerprint density at radius 1 is 0.844 bits per heavy atom. The molecular formula is C30H49NO. The standard InChI is InChI=1S/C30H49NO/c1-19(2)20-10-15-30(18-31)17-16-28(6)21(25(20)30)8-9-23-27(5)13-12-24(32)26(3,4)22(27)11-14-29(23,28)7/h18,20-25,31-32H,1,8-17H2,2-7H3/t20?,21?,22?,23?,24-,25?,27-,28+,29+,30+/m0/s1. The van der Waals surface area contributed by atoms with E-state index in [9.17, 15) is 5.11 Å². The summed E-state index contributed by atoms with van der Waals surface area (Å²) in [6.45, 7) is 19.4. The minimum absolute atomic E-state index is 0.0322. The van der Waals surface area contributed by atoms with Crippen LogP contribution in [0.15, 0.2) is 12.2 Å². The number of allylic oxidation sites excluding steroid dienone is 1. The summed E-state index contributed by atoms with van der Waals surface area (Å²) in [5.74, 6) is 3.36. The molecule has 5 aliphatic rings. The van der Waals surface area contributed by atoms with Crippen molar-refractivity contribution in [1.29, 1.82) is 5.41 Å². The van der Waals surface area contributed by atoms with Crippen molar-refractivity contribution in [2.24, 2.45) is 56.7 Å². The van der Waals surface area contributed by atoms with Crippen molar-refractivity contribution in [1.82, 2.24) is 0 Å². The fourth-order valence-electron chi connectivity index (χ4n) is 11.4. The van der Waals surface area contributed by atoms with Gasteiger partial charge in [-0.2, -0.15) is 0 Å². The lowest BCUT2D eigenvalue weighted by atomic mass is 9.32. The van der Waals surface area contributed by atoms with Crippen molar-refractivity contribution >= 4 is 6.21 Å². The molecule has 0 aromatic carbocycles. The Bertz CT molecular complexity index is 816. The molecule has 5 saturated carbocycles. The van der Waals surface area contributed by atoms with Gasteiger partial charge in [0.15, 0.2) is 0 Å². The van der Waals surface area contributed by atoms with E-state index in [1.54, 1.807) is 0 Å². The van der Waals surface area contributed by atoms with Crippen LogP contribution in [0.25, 0.3) is 0 Å². The SMILES string of the molecule is C=C(C)C1CC[C@]2(C=N)CC[C@]3(C)C(CCC4[C@@]5(C)CC[C@H](O)C(C)(C)C5CC[C@]43C)C12. The van der Waals surface area contributed by atoms with Crippen molar-refractivity contribution < 1.29 is 5.11 Å². The highest BCUT2D eigenvalue weighted by atomic mass is 16.3. The maximum Gasteiger partial charge on any atom is 0.0594 e. The van der Waals surface area contributed by atoms with Crippen LogP contribution in [0.2, 0.25) is 0 Å². The molecule has 5 fully saturated rings. The van der Waals surface area contributed by atoms with Gasteiger partial charge in [-0.05, 0) is 122 Å². The minimum Gasteiger partial charge on any atom is -0.393 e. The van der Waals surface area contributed by atoms with Gasteiger partial charge in [0.1, 0.15) is 0 Å². The first-order chi connectivity index (χ1) is 14.9. The highest BCUT2D eigenvalue weighted by Crippen LogP contribution is 2.77. The van der Waals surface area contributed by atoms with Gasteiger partial charge in [0.2, 0.25) is 0 Å². The van der Waals surface area contributed by atoms with Crippen molar-refractivity contribution in [3.8, 4) is 0 Å². The van der Waals surface area contributed by atoms with E-state index in [-0.39, 0.29) is 16.9 Å². The van der Waals surface area contributed by atoms with Crippen LogP contribution in [-0.2, 0) is 0 Å². The fourth-order valence-corrected chi connectivity index (χ4v) is 11.4. The maximum absolute atomic E-state index is 10.9. The predicted molar refractivity (Wildman–Crippen MR) is 134 cm³/mol. The molecule has 2 nitrogen and oxygen atoms in total. The van der Waals surface area contributed by atoms with Gasteiger partial charge in [-0.25, -0.2) is 0 Å². The van der Waals surface area contributed by atoms with E-state index in [1.807, 2.05) is 6.21 Å². The van der Waals surface area contributed by atoms with Crippen LogP contribution in [0.4, 0.5) is 0 Å². The van der Waals surface area contributed by atoms with Crippen LogP contribution in [-0.4, -0.2) is 17.4 Å². The van der Waals surface area contributed by atoms with Crippen molar-refractivity contribution in [2.75, 3.05) is 0 Å². The van der Waals surface area contributed by atoms with Gasteiger partial charge in [-0.15, -0.1) is 0 Å². The molecule has 10 atom stereocenters. The summed E-state index contributed by atoms with van der Waals surface area (Å²) >= 11 is 0. The smallest absolute Gasteiger partial charge is 0.0594 e. The third-order valence-corrected chi connectivity index (χ3v) is 13.4. The Kier molecular flexibility index (Phi) is 5.03. The summed E-state index contributed by atoms with van der Waals surface area (Å²) in [7, 11) is 0. The first-order valence-corrected chi connectivity index (χ1v) is 13.7. The molecule has 0 heterocycles. The van der Waals surface area contributed by atoms with Crippen LogP contribution in [0.5, 0.6) is 0 Å². The highest BCUT2D eigenvalue weighted by molar-refractivity contribution is 5.64. The molecule has 0 aromatic rings. The quantitative estimate of drug-likeness (QED) is 0.337. The Morgan fingerprint density at radius 3 is 2.22 bits per heavy atom. The molecule has 32 heavy (non-hydrogen) atoms. The number of nitrogens with one attached hydrogen (secondary N) is 1. The second-order valence-electron chi connectivity index (χ2n) is 14.4. The summed E-state index contributed by atoms with van der Waals surface area (Å²) < 4.78 is 0. The Balaban J connectivity index is 1.56. The monoisotopic (exact) mass is 439 g/mol. The van der Waals surface area contributed by atoms with Gasteiger partial charge in [0, 0.05) is 11.6 Å². The van der Waals surface area contributed by atoms with Gasteiger partial charge < -0.3 is 10.5 Å². The Morgan fingerprint density at radius 2 is 1.56 bits per heavy atom. The number of hydrogen-bond donors (Lipinski definition) is 2. The lowest BCUT2D eigenvalue weighted by Gasteiger charge is -2.72.